The molecule has 0 saturated heterocycles. The summed E-state index contributed by atoms with van der Waals surface area (Å²) in [7, 11) is 0. The normalized spacial score (nSPS) is 24.5. The zero-order valence-corrected chi connectivity index (χ0v) is 6.00. The van der Waals surface area contributed by atoms with Gasteiger partial charge in [0.05, 0.1) is 0 Å². The highest BCUT2D eigenvalue weighted by Gasteiger charge is 1.91. The molecule has 0 aromatic heterocycles. The topological polar surface area (TPSA) is 17.1 Å². The number of allylic oxidation sites excluding steroid dienone is 6. The van der Waals surface area contributed by atoms with Crippen molar-refractivity contribution >= 4 is 5.78 Å². The molecule has 1 aliphatic rings. The Labute approximate surface area is 60.7 Å². The second-order valence-electron chi connectivity index (χ2n) is 2.38. The smallest absolute Gasteiger partial charge is 0.178 e. The van der Waals surface area contributed by atoms with Gasteiger partial charge in [0.15, 0.2) is 5.78 Å². The molecule has 0 saturated carbocycles. The van der Waals surface area contributed by atoms with Crippen LogP contribution >= 0.6 is 0 Å². The monoisotopic (exact) mass is 134 g/mol. The summed E-state index contributed by atoms with van der Waals surface area (Å²) in [4.78, 5) is 10.7. The lowest BCUT2D eigenvalue weighted by molar-refractivity contribution is -0.110. The molecule has 0 heterocycles. The highest BCUT2D eigenvalue weighted by atomic mass is 16.1. The summed E-state index contributed by atoms with van der Waals surface area (Å²) in [6, 6.07) is 0. The van der Waals surface area contributed by atoms with E-state index in [2.05, 4.69) is 0 Å². The van der Waals surface area contributed by atoms with Crippen molar-refractivity contribution < 1.29 is 4.79 Å². The van der Waals surface area contributed by atoms with Gasteiger partial charge in [-0.25, -0.2) is 0 Å². The molecule has 0 radical (unpaired) electrons. The average molecular weight is 134 g/mol. The van der Waals surface area contributed by atoms with E-state index in [4.69, 9.17) is 0 Å². The van der Waals surface area contributed by atoms with Crippen LogP contribution in [0.5, 0.6) is 0 Å². The maximum absolute atomic E-state index is 10.7. The Kier molecular flexibility index (Phi) is 2.21. The summed E-state index contributed by atoms with van der Waals surface area (Å²) in [5, 5.41) is 0. The third-order valence-electron chi connectivity index (χ3n) is 1.36. The minimum atomic E-state index is 0.0729. The number of hydrogen-bond acceptors (Lipinski definition) is 1. The Balaban J connectivity index is 2.80. The molecule has 1 heteroatoms. The highest BCUT2D eigenvalue weighted by Crippen LogP contribution is 2.03. The third-order valence-corrected chi connectivity index (χ3v) is 1.36. The van der Waals surface area contributed by atoms with Crippen molar-refractivity contribution in [2.24, 2.45) is 0 Å². The molecule has 0 amide bonds. The van der Waals surface area contributed by atoms with Gasteiger partial charge >= 0.3 is 0 Å². The van der Waals surface area contributed by atoms with Crippen LogP contribution < -0.4 is 0 Å². The Morgan fingerprint density at radius 3 is 3.00 bits per heavy atom. The Bertz CT molecular complexity index is 219. The van der Waals surface area contributed by atoms with Crippen molar-refractivity contribution in [3.05, 3.63) is 36.0 Å². The molecule has 0 atom stereocenters. The standard InChI is InChI=1S/C9H10O/c1-8-4-2-6-9(10)7-3-5-8/h2-4,6-7H,5H2,1H3/b6-2-,7-3-,8-4?. The lowest BCUT2D eigenvalue weighted by Crippen LogP contribution is -1.86. The van der Waals surface area contributed by atoms with E-state index in [0.29, 0.717) is 0 Å². The second kappa shape index (κ2) is 3.16. The molecular formula is C9H10O. The van der Waals surface area contributed by atoms with Gasteiger partial charge in [-0.3, -0.25) is 4.79 Å². The minimum absolute atomic E-state index is 0.0729. The summed E-state index contributed by atoms with van der Waals surface area (Å²) >= 11 is 0. The third kappa shape index (κ3) is 2.02. The van der Waals surface area contributed by atoms with Crippen molar-refractivity contribution in [2.45, 2.75) is 13.3 Å². The van der Waals surface area contributed by atoms with Crippen LogP contribution in [-0.4, -0.2) is 5.78 Å². The fourth-order valence-corrected chi connectivity index (χ4v) is 0.792. The fraction of sp³-hybridized carbons (Fsp3) is 0.222. The highest BCUT2D eigenvalue weighted by molar-refractivity contribution is 5.99. The van der Waals surface area contributed by atoms with Crippen molar-refractivity contribution in [3.63, 3.8) is 0 Å². The quantitative estimate of drug-likeness (QED) is 0.495. The van der Waals surface area contributed by atoms with E-state index in [1.807, 2.05) is 19.1 Å². The zero-order valence-electron chi connectivity index (χ0n) is 6.00. The Hall–Kier alpha value is -1.11. The first-order chi connectivity index (χ1) is 4.79. The van der Waals surface area contributed by atoms with Gasteiger partial charge in [0.1, 0.15) is 0 Å². The molecule has 1 rings (SSSR count). The van der Waals surface area contributed by atoms with E-state index in [1.165, 1.54) is 5.57 Å². The molecule has 0 aromatic rings. The molecule has 10 heavy (non-hydrogen) atoms. The van der Waals surface area contributed by atoms with Crippen LogP contribution in [0.2, 0.25) is 0 Å². The van der Waals surface area contributed by atoms with Crippen molar-refractivity contribution in [3.8, 4) is 0 Å². The average Bonchev–Trinajstić information content (AvgIpc) is 1.84. The van der Waals surface area contributed by atoms with Gasteiger partial charge in [-0.05, 0) is 25.5 Å². The van der Waals surface area contributed by atoms with Crippen LogP contribution in [0.15, 0.2) is 36.0 Å². The predicted molar refractivity (Wildman–Crippen MR) is 41.7 cm³/mol. The number of rotatable bonds is 0. The zero-order chi connectivity index (χ0) is 7.40. The number of hydrogen-bond donors (Lipinski definition) is 0. The maximum Gasteiger partial charge on any atom is 0.178 e. The minimum Gasteiger partial charge on any atom is -0.290 e. The lowest BCUT2D eigenvalue weighted by atomic mass is 10.1. The van der Waals surface area contributed by atoms with Crippen LogP contribution in [0.1, 0.15) is 13.3 Å². The van der Waals surface area contributed by atoms with Crippen LogP contribution in [-0.2, 0) is 4.79 Å². The van der Waals surface area contributed by atoms with Gasteiger partial charge in [-0.1, -0.05) is 23.8 Å². The van der Waals surface area contributed by atoms with E-state index in [9.17, 15) is 4.79 Å². The molecule has 0 aromatic carbocycles. The SMILES string of the molecule is CC1=C/C=C\C(=O)/C=C\C1. The summed E-state index contributed by atoms with van der Waals surface area (Å²) in [5.74, 6) is 0.0729. The molecule has 52 valence electrons. The van der Waals surface area contributed by atoms with Gasteiger partial charge < -0.3 is 0 Å². The number of carbonyl (C=O) groups is 1. The molecule has 0 unspecified atom stereocenters. The van der Waals surface area contributed by atoms with Gasteiger partial charge in [0.2, 0.25) is 0 Å². The van der Waals surface area contributed by atoms with Crippen LogP contribution in [0, 0.1) is 0 Å². The molecule has 1 nitrogen and oxygen atoms in total. The lowest BCUT2D eigenvalue weighted by Gasteiger charge is -1.94. The van der Waals surface area contributed by atoms with Gasteiger partial charge in [0, 0.05) is 0 Å². The van der Waals surface area contributed by atoms with Crippen molar-refractivity contribution in [2.75, 3.05) is 0 Å². The molecule has 0 spiro atoms. The Morgan fingerprint density at radius 2 is 2.20 bits per heavy atom. The van der Waals surface area contributed by atoms with E-state index in [0.717, 1.165) is 6.42 Å². The van der Waals surface area contributed by atoms with Crippen molar-refractivity contribution in [1.82, 2.24) is 0 Å². The van der Waals surface area contributed by atoms with E-state index in [-0.39, 0.29) is 5.78 Å². The van der Waals surface area contributed by atoms with Gasteiger partial charge in [-0.2, -0.15) is 0 Å². The first-order valence-corrected chi connectivity index (χ1v) is 3.33. The number of carbonyl (C=O) groups excluding carboxylic acids is 1. The van der Waals surface area contributed by atoms with Crippen LogP contribution in [0.4, 0.5) is 0 Å². The summed E-state index contributed by atoms with van der Waals surface area (Å²) in [5.41, 5.74) is 1.28. The van der Waals surface area contributed by atoms with Crippen LogP contribution in [0.25, 0.3) is 0 Å². The number of ketones is 1. The Morgan fingerprint density at radius 1 is 1.40 bits per heavy atom. The van der Waals surface area contributed by atoms with Gasteiger partial charge in [0.25, 0.3) is 0 Å². The molecule has 1 aliphatic carbocycles. The molecule has 0 fully saturated rings. The molecule has 0 N–H and O–H groups in total. The summed E-state index contributed by atoms with van der Waals surface area (Å²) in [6.07, 6.45) is 9.70. The summed E-state index contributed by atoms with van der Waals surface area (Å²) < 4.78 is 0. The molecule has 0 bridgehead atoms. The fourth-order valence-electron chi connectivity index (χ4n) is 0.792. The molecule has 0 aliphatic heterocycles. The van der Waals surface area contributed by atoms with Crippen LogP contribution in [0.3, 0.4) is 0 Å². The summed E-state index contributed by atoms with van der Waals surface area (Å²) in [6.45, 7) is 2.05. The maximum atomic E-state index is 10.7. The van der Waals surface area contributed by atoms with E-state index < -0.39 is 0 Å². The first kappa shape index (κ1) is 7.00. The predicted octanol–water partition coefficient (Wildman–Crippen LogP) is 2.02. The van der Waals surface area contributed by atoms with E-state index >= 15 is 0 Å². The first-order valence-electron chi connectivity index (χ1n) is 3.33. The largest absolute Gasteiger partial charge is 0.290 e. The van der Waals surface area contributed by atoms with E-state index in [1.54, 1.807) is 18.2 Å². The van der Waals surface area contributed by atoms with Gasteiger partial charge in [-0.15, -0.1) is 0 Å². The molecular weight excluding hydrogens is 124 g/mol. The van der Waals surface area contributed by atoms with Crippen molar-refractivity contribution in [1.29, 1.82) is 0 Å². The second-order valence-corrected chi connectivity index (χ2v) is 2.38.